The van der Waals surface area contributed by atoms with Crippen LogP contribution >= 0.6 is 11.6 Å². The van der Waals surface area contributed by atoms with Crippen molar-refractivity contribution in [2.45, 2.75) is 59.0 Å². The van der Waals surface area contributed by atoms with Gasteiger partial charge in [0.1, 0.15) is 0 Å². The van der Waals surface area contributed by atoms with Crippen LogP contribution in [-0.2, 0) is 0 Å². The lowest BCUT2D eigenvalue weighted by Gasteiger charge is -2.07. The third-order valence-corrected chi connectivity index (χ3v) is 2.95. The second kappa shape index (κ2) is 9.92. The molecule has 94 valence electrons. The first-order valence-corrected chi connectivity index (χ1v) is 6.68. The van der Waals surface area contributed by atoms with Gasteiger partial charge in [-0.25, -0.2) is 0 Å². The minimum absolute atomic E-state index is 0.138. The highest BCUT2D eigenvalue weighted by molar-refractivity contribution is 6.18. The number of halogens is 1. The van der Waals surface area contributed by atoms with E-state index in [1.54, 1.807) is 0 Å². The third-order valence-electron chi connectivity index (χ3n) is 2.80. The molecule has 0 radical (unpaired) electrons. The van der Waals surface area contributed by atoms with Crippen molar-refractivity contribution in [1.82, 2.24) is 0 Å². The molecule has 0 rings (SSSR count). The molecule has 2 heteroatoms. The molecule has 0 aromatic heterocycles. The Balaban J connectivity index is 3.74. The highest BCUT2D eigenvalue weighted by Crippen LogP contribution is 2.12. The summed E-state index contributed by atoms with van der Waals surface area (Å²) in [6.07, 6.45) is 9.10. The van der Waals surface area contributed by atoms with Gasteiger partial charge in [0.2, 0.25) is 0 Å². The molecule has 0 amide bonds. The van der Waals surface area contributed by atoms with Crippen molar-refractivity contribution in [3.05, 3.63) is 23.3 Å². The molecule has 16 heavy (non-hydrogen) atoms. The predicted molar refractivity (Wildman–Crippen MR) is 73.0 cm³/mol. The van der Waals surface area contributed by atoms with Crippen LogP contribution in [0.4, 0.5) is 0 Å². The second-order valence-corrected chi connectivity index (χ2v) is 4.70. The molecular formula is C14H25ClO. The van der Waals surface area contributed by atoms with Crippen LogP contribution in [0.2, 0.25) is 0 Å². The highest BCUT2D eigenvalue weighted by atomic mass is 35.5. The van der Waals surface area contributed by atoms with Gasteiger partial charge in [-0.1, -0.05) is 30.2 Å². The van der Waals surface area contributed by atoms with E-state index in [2.05, 4.69) is 26.0 Å². The molecule has 1 N–H and O–H groups in total. The molecule has 0 bridgehead atoms. The number of alkyl halides is 1. The fourth-order valence-electron chi connectivity index (χ4n) is 1.48. The van der Waals surface area contributed by atoms with Crippen LogP contribution < -0.4 is 0 Å². The zero-order valence-corrected chi connectivity index (χ0v) is 11.6. The van der Waals surface area contributed by atoms with Crippen LogP contribution in [0.15, 0.2) is 23.3 Å². The molecule has 1 nitrogen and oxygen atoms in total. The van der Waals surface area contributed by atoms with Crippen LogP contribution in [0.3, 0.4) is 0 Å². The maximum absolute atomic E-state index is 9.44. The summed E-state index contributed by atoms with van der Waals surface area (Å²) in [6, 6.07) is 0. The Labute approximate surface area is 105 Å². The van der Waals surface area contributed by atoms with Gasteiger partial charge in [0.05, 0.1) is 6.10 Å². The first-order chi connectivity index (χ1) is 7.60. The van der Waals surface area contributed by atoms with Crippen LogP contribution in [-0.4, -0.2) is 17.1 Å². The number of hydrogen-bond acceptors (Lipinski definition) is 1. The van der Waals surface area contributed by atoms with E-state index in [0.717, 1.165) is 32.1 Å². The number of allylic oxidation sites excluding steroid dienone is 4. The van der Waals surface area contributed by atoms with Gasteiger partial charge in [0.25, 0.3) is 0 Å². The van der Waals surface area contributed by atoms with E-state index in [9.17, 15) is 5.11 Å². The Kier molecular flexibility index (Phi) is 9.75. The largest absolute Gasteiger partial charge is 0.393 e. The summed E-state index contributed by atoms with van der Waals surface area (Å²) >= 11 is 5.62. The fourth-order valence-corrected chi connectivity index (χ4v) is 1.74. The first-order valence-electron chi connectivity index (χ1n) is 6.15. The van der Waals surface area contributed by atoms with E-state index in [1.165, 1.54) is 11.1 Å². The van der Waals surface area contributed by atoms with Crippen molar-refractivity contribution >= 4 is 11.6 Å². The van der Waals surface area contributed by atoms with Crippen LogP contribution in [0.1, 0.15) is 52.9 Å². The SMILES string of the molecule is CC[C@H](O)CCC(C)=CCCC(C)=CCCl. The quantitative estimate of drug-likeness (QED) is 0.494. The molecule has 0 saturated carbocycles. The van der Waals surface area contributed by atoms with Crippen molar-refractivity contribution in [2.24, 2.45) is 0 Å². The fraction of sp³-hybridized carbons (Fsp3) is 0.714. The van der Waals surface area contributed by atoms with E-state index in [1.807, 2.05) is 6.92 Å². The van der Waals surface area contributed by atoms with Crippen molar-refractivity contribution in [2.75, 3.05) is 5.88 Å². The van der Waals surface area contributed by atoms with Crippen molar-refractivity contribution in [1.29, 1.82) is 0 Å². The summed E-state index contributed by atoms with van der Waals surface area (Å²) in [5.74, 6) is 0.608. The normalized spacial score (nSPS) is 15.3. The molecule has 0 aliphatic rings. The number of hydrogen-bond donors (Lipinski definition) is 1. The minimum Gasteiger partial charge on any atom is -0.393 e. The van der Waals surface area contributed by atoms with Gasteiger partial charge in [-0.05, 0) is 46.0 Å². The summed E-state index contributed by atoms with van der Waals surface area (Å²) in [6.45, 7) is 6.28. The van der Waals surface area contributed by atoms with Gasteiger partial charge in [-0.15, -0.1) is 11.6 Å². The average molecular weight is 245 g/mol. The molecule has 0 aromatic carbocycles. The molecule has 0 fully saturated rings. The minimum atomic E-state index is -0.138. The zero-order valence-electron chi connectivity index (χ0n) is 10.8. The van der Waals surface area contributed by atoms with Gasteiger partial charge in [0, 0.05) is 5.88 Å². The number of aliphatic hydroxyl groups excluding tert-OH is 1. The Morgan fingerprint density at radius 3 is 2.38 bits per heavy atom. The summed E-state index contributed by atoms with van der Waals surface area (Å²) in [4.78, 5) is 0. The summed E-state index contributed by atoms with van der Waals surface area (Å²) < 4.78 is 0. The lowest BCUT2D eigenvalue weighted by atomic mass is 10.0. The lowest BCUT2D eigenvalue weighted by Crippen LogP contribution is -2.03. The molecule has 0 aliphatic heterocycles. The Bertz CT molecular complexity index is 231. The predicted octanol–water partition coefficient (Wildman–Crippen LogP) is 4.45. The van der Waals surface area contributed by atoms with E-state index in [0.29, 0.717) is 5.88 Å². The van der Waals surface area contributed by atoms with Crippen molar-refractivity contribution in [3.8, 4) is 0 Å². The van der Waals surface area contributed by atoms with E-state index >= 15 is 0 Å². The second-order valence-electron chi connectivity index (χ2n) is 4.39. The zero-order chi connectivity index (χ0) is 12.4. The summed E-state index contributed by atoms with van der Waals surface area (Å²) in [7, 11) is 0. The molecule has 0 heterocycles. The smallest absolute Gasteiger partial charge is 0.0540 e. The molecule has 0 saturated heterocycles. The van der Waals surface area contributed by atoms with Crippen molar-refractivity contribution < 1.29 is 5.11 Å². The van der Waals surface area contributed by atoms with Crippen LogP contribution in [0.25, 0.3) is 0 Å². The van der Waals surface area contributed by atoms with Gasteiger partial charge < -0.3 is 5.11 Å². The molecule has 0 spiro atoms. The van der Waals surface area contributed by atoms with E-state index < -0.39 is 0 Å². The van der Waals surface area contributed by atoms with Gasteiger partial charge >= 0.3 is 0 Å². The van der Waals surface area contributed by atoms with Gasteiger partial charge in [-0.3, -0.25) is 0 Å². The lowest BCUT2D eigenvalue weighted by molar-refractivity contribution is 0.160. The maximum Gasteiger partial charge on any atom is 0.0540 e. The summed E-state index contributed by atoms with van der Waals surface area (Å²) in [5, 5.41) is 9.44. The Morgan fingerprint density at radius 2 is 1.81 bits per heavy atom. The van der Waals surface area contributed by atoms with E-state index in [-0.39, 0.29) is 6.10 Å². The molecule has 0 aliphatic carbocycles. The third kappa shape index (κ3) is 8.99. The molecule has 0 aromatic rings. The highest BCUT2D eigenvalue weighted by Gasteiger charge is 2.00. The Hall–Kier alpha value is -0.270. The average Bonchev–Trinajstić information content (AvgIpc) is 2.26. The number of rotatable bonds is 8. The molecular weight excluding hydrogens is 220 g/mol. The summed E-state index contributed by atoms with van der Waals surface area (Å²) in [5.41, 5.74) is 2.74. The van der Waals surface area contributed by atoms with Gasteiger partial charge in [-0.2, -0.15) is 0 Å². The van der Waals surface area contributed by atoms with E-state index in [4.69, 9.17) is 11.6 Å². The molecule has 1 atom stereocenters. The van der Waals surface area contributed by atoms with Crippen LogP contribution in [0.5, 0.6) is 0 Å². The maximum atomic E-state index is 9.44. The van der Waals surface area contributed by atoms with Crippen LogP contribution in [0, 0.1) is 0 Å². The monoisotopic (exact) mass is 244 g/mol. The van der Waals surface area contributed by atoms with Crippen molar-refractivity contribution in [3.63, 3.8) is 0 Å². The topological polar surface area (TPSA) is 20.2 Å². The number of aliphatic hydroxyl groups is 1. The Morgan fingerprint density at radius 1 is 1.19 bits per heavy atom. The van der Waals surface area contributed by atoms with Gasteiger partial charge in [0.15, 0.2) is 0 Å². The molecule has 0 unspecified atom stereocenters. The first kappa shape index (κ1) is 15.7. The standard InChI is InChI=1S/C14H25ClO/c1-4-14(16)9-8-12(2)6-5-7-13(3)10-11-15/h6,10,14,16H,4-5,7-9,11H2,1-3H3/t14-/m0/s1.